The second kappa shape index (κ2) is 7.11. The summed E-state index contributed by atoms with van der Waals surface area (Å²) in [5.41, 5.74) is 1.80. The van der Waals surface area contributed by atoms with Crippen LogP contribution >= 0.6 is 0 Å². The van der Waals surface area contributed by atoms with Gasteiger partial charge in [-0.1, -0.05) is 19.1 Å². The highest BCUT2D eigenvalue weighted by Crippen LogP contribution is 2.09. The van der Waals surface area contributed by atoms with Crippen molar-refractivity contribution in [1.29, 1.82) is 0 Å². The number of aromatic amines is 1. The van der Waals surface area contributed by atoms with E-state index in [-0.39, 0.29) is 5.69 Å². The Morgan fingerprint density at radius 1 is 1.32 bits per heavy atom. The largest absolute Gasteiger partial charge is 0.380 e. The zero-order valence-corrected chi connectivity index (χ0v) is 11.3. The first-order valence-corrected chi connectivity index (χ1v) is 6.79. The molecule has 1 heterocycles. The number of aryl methyl sites for hydroxylation is 1. The van der Waals surface area contributed by atoms with Crippen LogP contribution in [-0.4, -0.2) is 35.9 Å². The van der Waals surface area contributed by atoms with Crippen LogP contribution in [0.25, 0.3) is 11.0 Å². The molecule has 0 spiro atoms. The summed E-state index contributed by atoms with van der Waals surface area (Å²) in [6.45, 7) is 6.00. The van der Waals surface area contributed by atoms with E-state index in [2.05, 4.69) is 17.2 Å². The van der Waals surface area contributed by atoms with E-state index in [0.29, 0.717) is 13.2 Å². The zero-order chi connectivity index (χ0) is 13.5. The summed E-state index contributed by atoms with van der Waals surface area (Å²) in [4.78, 5) is 14.7. The van der Waals surface area contributed by atoms with Crippen molar-refractivity contribution in [1.82, 2.24) is 14.9 Å². The Morgan fingerprint density at radius 2 is 2.16 bits per heavy atom. The molecule has 2 aromatic rings. The van der Waals surface area contributed by atoms with Crippen LogP contribution in [0, 0.1) is 0 Å². The zero-order valence-electron chi connectivity index (χ0n) is 11.3. The molecule has 0 saturated heterocycles. The van der Waals surface area contributed by atoms with Crippen LogP contribution in [0.2, 0.25) is 0 Å². The molecule has 5 nitrogen and oxygen atoms in total. The van der Waals surface area contributed by atoms with Crippen LogP contribution in [0.1, 0.15) is 13.3 Å². The summed E-state index contributed by atoms with van der Waals surface area (Å²) < 4.78 is 7.26. The van der Waals surface area contributed by atoms with E-state index in [1.165, 1.54) is 0 Å². The minimum absolute atomic E-state index is 0.0474. The fraction of sp³-hybridized carbons (Fsp3) is 0.500. The van der Waals surface area contributed by atoms with E-state index < -0.39 is 0 Å². The van der Waals surface area contributed by atoms with Gasteiger partial charge in [-0.15, -0.1) is 0 Å². The van der Waals surface area contributed by atoms with Gasteiger partial charge in [-0.3, -0.25) is 4.57 Å². The van der Waals surface area contributed by atoms with Gasteiger partial charge >= 0.3 is 5.69 Å². The maximum atomic E-state index is 11.8. The lowest BCUT2D eigenvalue weighted by Crippen LogP contribution is -2.20. The van der Waals surface area contributed by atoms with Gasteiger partial charge < -0.3 is 15.0 Å². The Balaban J connectivity index is 1.82. The summed E-state index contributed by atoms with van der Waals surface area (Å²) in [6, 6.07) is 7.74. The number of H-pyrrole nitrogens is 1. The van der Waals surface area contributed by atoms with Gasteiger partial charge in [-0.05, 0) is 25.1 Å². The second-order valence-electron chi connectivity index (χ2n) is 4.42. The molecular weight excluding hydrogens is 242 g/mol. The van der Waals surface area contributed by atoms with Crippen LogP contribution < -0.4 is 11.0 Å². The number of fused-ring (bicyclic) bond motifs is 1. The molecule has 0 fully saturated rings. The van der Waals surface area contributed by atoms with Crippen LogP contribution in [-0.2, 0) is 11.3 Å². The van der Waals surface area contributed by atoms with Crippen molar-refractivity contribution < 1.29 is 4.74 Å². The van der Waals surface area contributed by atoms with E-state index in [1.807, 2.05) is 24.3 Å². The fourth-order valence-corrected chi connectivity index (χ4v) is 2.08. The summed E-state index contributed by atoms with van der Waals surface area (Å²) in [6.07, 6.45) is 0.841. The van der Waals surface area contributed by atoms with E-state index >= 15 is 0 Å². The van der Waals surface area contributed by atoms with Crippen molar-refractivity contribution in [2.45, 2.75) is 19.9 Å². The maximum Gasteiger partial charge on any atom is 0.326 e. The molecule has 0 saturated carbocycles. The van der Waals surface area contributed by atoms with Gasteiger partial charge in [-0.25, -0.2) is 4.79 Å². The average Bonchev–Trinajstić information content (AvgIpc) is 2.74. The molecule has 0 bridgehead atoms. The Labute approximate surface area is 112 Å². The third-order valence-electron chi connectivity index (χ3n) is 3.03. The first-order valence-electron chi connectivity index (χ1n) is 6.79. The Morgan fingerprint density at radius 3 is 3.00 bits per heavy atom. The lowest BCUT2D eigenvalue weighted by molar-refractivity contribution is 0.131. The monoisotopic (exact) mass is 263 g/mol. The Kier molecular flexibility index (Phi) is 5.18. The van der Waals surface area contributed by atoms with Crippen molar-refractivity contribution in [2.75, 3.05) is 26.3 Å². The minimum Gasteiger partial charge on any atom is -0.380 e. The highest BCUT2D eigenvalue weighted by Gasteiger charge is 2.04. The molecule has 5 heteroatoms. The second-order valence-corrected chi connectivity index (χ2v) is 4.42. The van der Waals surface area contributed by atoms with Gasteiger partial charge in [0.2, 0.25) is 0 Å². The number of para-hydroxylation sites is 2. The number of imidazole rings is 1. The number of rotatable bonds is 8. The molecular formula is C14H21N3O2. The molecule has 0 aliphatic heterocycles. The third kappa shape index (κ3) is 3.68. The Bertz CT molecular complexity index is 559. The van der Waals surface area contributed by atoms with Crippen LogP contribution in [0.4, 0.5) is 0 Å². The number of ether oxygens (including phenoxy) is 1. The first-order chi connectivity index (χ1) is 9.33. The molecule has 0 atom stereocenters. The average molecular weight is 263 g/mol. The topological polar surface area (TPSA) is 59.0 Å². The van der Waals surface area contributed by atoms with Gasteiger partial charge in [0.15, 0.2) is 0 Å². The molecule has 0 unspecified atom stereocenters. The van der Waals surface area contributed by atoms with Crippen LogP contribution in [0.3, 0.4) is 0 Å². The molecule has 2 rings (SSSR count). The van der Waals surface area contributed by atoms with Crippen molar-refractivity contribution in [3.63, 3.8) is 0 Å². The number of nitrogens with zero attached hydrogens (tertiary/aromatic N) is 1. The predicted octanol–water partition coefficient (Wildman–Crippen LogP) is 1.35. The standard InChI is InChI=1S/C14H21N3O2/c1-2-15-8-11-19-10-5-9-17-13-7-4-3-6-12(13)16-14(17)18/h3-4,6-7,15H,2,5,8-11H2,1H3,(H,16,18). The smallest absolute Gasteiger partial charge is 0.326 e. The summed E-state index contributed by atoms with van der Waals surface area (Å²) in [5.74, 6) is 0. The first kappa shape index (κ1) is 13.8. The highest BCUT2D eigenvalue weighted by molar-refractivity contribution is 5.74. The summed E-state index contributed by atoms with van der Waals surface area (Å²) in [7, 11) is 0. The van der Waals surface area contributed by atoms with Crippen molar-refractivity contribution in [3.05, 3.63) is 34.7 Å². The molecule has 19 heavy (non-hydrogen) atoms. The number of nitrogens with one attached hydrogen (secondary N) is 2. The minimum atomic E-state index is -0.0474. The predicted molar refractivity (Wildman–Crippen MR) is 76.5 cm³/mol. The van der Waals surface area contributed by atoms with Gasteiger partial charge in [0.1, 0.15) is 0 Å². The van der Waals surface area contributed by atoms with Gasteiger partial charge in [-0.2, -0.15) is 0 Å². The number of benzene rings is 1. The van der Waals surface area contributed by atoms with Gasteiger partial charge in [0.05, 0.1) is 17.6 Å². The quantitative estimate of drug-likeness (QED) is 0.707. The van der Waals surface area contributed by atoms with E-state index in [4.69, 9.17) is 4.74 Å². The summed E-state index contributed by atoms with van der Waals surface area (Å²) in [5, 5.41) is 3.20. The van der Waals surface area contributed by atoms with E-state index in [1.54, 1.807) is 4.57 Å². The SMILES string of the molecule is CCNCCOCCCn1c(=O)[nH]c2ccccc21. The van der Waals surface area contributed by atoms with Gasteiger partial charge in [0, 0.05) is 19.7 Å². The third-order valence-corrected chi connectivity index (χ3v) is 3.03. The highest BCUT2D eigenvalue weighted by atomic mass is 16.5. The normalized spacial score (nSPS) is 11.2. The van der Waals surface area contributed by atoms with Gasteiger partial charge in [0.25, 0.3) is 0 Å². The molecule has 0 aliphatic carbocycles. The molecule has 0 amide bonds. The van der Waals surface area contributed by atoms with E-state index in [9.17, 15) is 4.79 Å². The Hall–Kier alpha value is -1.59. The number of hydrogen-bond acceptors (Lipinski definition) is 3. The van der Waals surface area contributed by atoms with Crippen molar-refractivity contribution in [2.24, 2.45) is 0 Å². The van der Waals surface area contributed by atoms with Crippen LogP contribution in [0.15, 0.2) is 29.1 Å². The molecule has 1 aromatic carbocycles. The number of hydrogen-bond donors (Lipinski definition) is 2. The van der Waals surface area contributed by atoms with Crippen molar-refractivity contribution in [3.8, 4) is 0 Å². The molecule has 0 radical (unpaired) electrons. The fourth-order valence-electron chi connectivity index (χ4n) is 2.08. The van der Waals surface area contributed by atoms with E-state index in [0.717, 1.165) is 37.2 Å². The maximum absolute atomic E-state index is 11.8. The molecule has 0 aliphatic rings. The lowest BCUT2D eigenvalue weighted by Gasteiger charge is -2.05. The van der Waals surface area contributed by atoms with Crippen molar-refractivity contribution >= 4 is 11.0 Å². The molecule has 104 valence electrons. The number of likely N-dealkylation sites (N-methyl/N-ethyl adjacent to an activating group) is 1. The summed E-state index contributed by atoms with van der Waals surface area (Å²) >= 11 is 0. The molecule has 2 N–H and O–H groups in total. The lowest BCUT2D eigenvalue weighted by atomic mass is 10.3. The van der Waals surface area contributed by atoms with Crippen LogP contribution in [0.5, 0.6) is 0 Å². The molecule has 1 aromatic heterocycles. The number of aromatic nitrogens is 2.